The minimum atomic E-state index is 0.533. The lowest BCUT2D eigenvalue weighted by molar-refractivity contribution is 0.502. The van der Waals surface area contributed by atoms with Crippen molar-refractivity contribution in [1.29, 1.82) is 5.26 Å². The van der Waals surface area contributed by atoms with Crippen LogP contribution in [-0.2, 0) is 0 Å². The highest BCUT2D eigenvalue weighted by Crippen LogP contribution is 2.26. The minimum Gasteiger partial charge on any atom is -0.398 e. The van der Waals surface area contributed by atoms with Gasteiger partial charge in [0.25, 0.3) is 0 Å². The van der Waals surface area contributed by atoms with Gasteiger partial charge in [-0.15, -0.1) is 0 Å². The van der Waals surface area contributed by atoms with Crippen molar-refractivity contribution in [3.63, 3.8) is 0 Å². The van der Waals surface area contributed by atoms with E-state index < -0.39 is 0 Å². The van der Waals surface area contributed by atoms with Gasteiger partial charge in [-0.05, 0) is 43.4 Å². The van der Waals surface area contributed by atoms with Crippen molar-refractivity contribution >= 4 is 11.4 Å². The molecular weight excluding hydrogens is 222 g/mol. The second kappa shape index (κ2) is 5.77. The van der Waals surface area contributed by atoms with Gasteiger partial charge in [-0.2, -0.15) is 5.26 Å². The molecule has 18 heavy (non-hydrogen) atoms. The molecule has 0 aromatic heterocycles. The van der Waals surface area contributed by atoms with Crippen LogP contribution in [0, 0.1) is 17.2 Å². The first-order valence-corrected chi connectivity index (χ1v) is 6.75. The summed E-state index contributed by atoms with van der Waals surface area (Å²) in [6, 6.07) is 8.28. The smallest absolute Gasteiger partial charge is 0.101 e. The zero-order valence-electron chi connectivity index (χ0n) is 10.9. The zero-order valence-corrected chi connectivity index (χ0v) is 10.9. The Hall–Kier alpha value is -1.69. The van der Waals surface area contributed by atoms with E-state index in [4.69, 9.17) is 11.0 Å². The summed E-state index contributed by atoms with van der Waals surface area (Å²) in [6.07, 6.45) is 6.35. The van der Waals surface area contributed by atoms with Crippen LogP contribution in [0.15, 0.2) is 18.2 Å². The number of nitrogen functional groups attached to an aromatic ring is 1. The molecule has 3 N–H and O–H groups in total. The largest absolute Gasteiger partial charge is 0.398 e. The number of nitrogens with one attached hydrogen (secondary N) is 1. The molecule has 2 atom stereocenters. The maximum Gasteiger partial charge on any atom is 0.101 e. The average Bonchev–Trinajstić information content (AvgIpc) is 2.57. The second-order valence-electron chi connectivity index (χ2n) is 5.37. The van der Waals surface area contributed by atoms with Crippen LogP contribution in [0.4, 0.5) is 11.4 Å². The van der Waals surface area contributed by atoms with Crippen molar-refractivity contribution in [3.05, 3.63) is 23.8 Å². The molecule has 1 aliphatic carbocycles. The number of hydrogen-bond donors (Lipinski definition) is 2. The van der Waals surface area contributed by atoms with Crippen molar-refractivity contribution in [2.45, 2.75) is 45.1 Å². The molecule has 3 heteroatoms. The molecule has 1 aliphatic rings. The van der Waals surface area contributed by atoms with E-state index in [9.17, 15) is 0 Å². The van der Waals surface area contributed by atoms with Crippen molar-refractivity contribution in [2.75, 3.05) is 11.1 Å². The highest BCUT2D eigenvalue weighted by molar-refractivity contribution is 5.62. The molecule has 1 aromatic rings. The molecule has 0 aliphatic heterocycles. The molecule has 0 spiro atoms. The quantitative estimate of drug-likeness (QED) is 0.617. The van der Waals surface area contributed by atoms with Crippen molar-refractivity contribution in [2.24, 2.45) is 5.92 Å². The number of anilines is 2. The lowest BCUT2D eigenvalue weighted by Crippen LogP contribution is -2.18. The Bertz CT molecular complexity index is 448. The van der Waals surface area contributed by atoms with E-state index in [1.54, 1.807) is 6.07 Å². The van der Waals surface area contributed by atoms with Crippen LogP contribution in [-0.4, -0.2) is 6.04 Å². The van der Waals surface area contributed by atoms with Gasteiger partial charge in [0.15, 0.2) is 0 Å². The first-order valence-electron chi connectivity index (χ1n) is 6.75. The Kier molecular flexibility index (Phi) is 4.09. The number of hydrogen-bond acceptors (Lipinski definition) is 3. The molecule has 96 valence electrons. The van der Waals surface area contributed by atoms with Gasteiger partial charge < -0.3 is 11.1 Å². The number of rotatable bonds is 2. The van der Waals surface area contributed by atoms with E-state index in [0.29, 0.717) is 17.3 Å². The number of nitrogens with zero attached hydrogens (tertiary/aromatic N) is 1. The predicted octanol–water partition coefficient (Wildman–Crippen LogP) is 3.52. The fraction of sp³-hybridized carbons (Fsp3) is 0.533. The summed E-state index contributed by atoms with van der Waals surface area (Å²) in [5, 5.41) is 12.5. The second-order valence-corrected chi connectivity index (χ2v) is 5.37. The first-order chi connectivity index (χ1) is 8.69. The molecule has 0 amide bonds. The minimum absolute atomic E-state index is 0.533. The Morgan fingerprint density at radius 2 is 2.11 bits per heavy atom. The van der Waals surface area contributed by atoms with Crippen molar-refractivity contribution < 1.29 is 0 Å². The van der Waals surface area contributed by atoms with Gasteiger partial charge in [0, 0.05) is 17.4 Å². The SMILES string of the molecule is CC1CCCC(Nc2ccc(N)c(C#N)c2)CC1. The van der Waals surface area contributed by atoms with Crippen LogP contribution in [0.2, 0.25) is 0 Å². The van der Waals surface area contributed by atoms with Crippen molar-refractivity contribution in [1.82, 2.24) is 0 Å². The Labute approximate surface area is 109 Å². The number of nitriles is 1. The van der Waals surface area contributed by atoms with E-state index in [1.807, 2.05) is 12.1 Å². The number of benzene rings is 1. The Morgan fingerprint density at radius 3 is 2.89 bits per heavy atom. The van der Waals surface area contributed by atoms with E-state index >= 15 is 0 Å². The molecule has 3 nitrogen and oxygen atoms in total. The van der Waals surface area contributed by atoms with E-state index in [2.05, 4.69) is 18.3 Å². The van der Waals surface area contributed by atoms with Crippen molar-refractivity contribution in [3.8, 4) is 6.07 Å². The molecular formula is C15H21N3. The van der Waals surface area contributed by atoms with E-state index in [0.717, 1.165) is 11.6 Å². The summed E-state index contributed by atoms with van der Waals surface area (Å²) < 4.78 is 0. The van der Waals surface area contributed by atoms with Crippen LogP contribution in [0.25, 0.3) is 0 Å². The van der Waals surface area contributed by atoms with E-state index in [-0.39, 0.29) is 0 Å². The van der Waals surface area contributed by atoms with Crippen LogP contribution in [0.1, 0.15) is 44.6 Å². The molecule has 0 saturated heterocycles. The molecule has 1 saturated carbocycles. The molecule has 0 radical (unpaired) electrons. The molecule has 0 bridgehead atoms. The third kappa shape index (κ3) is 3.16. The lowest BCUT2D eigenvalue weighted by Gasteiger charge is -2.18. The topological polar surface area (TPSA) is 61.8 Å². The zero-order chi connectivity index (χ0) is 13.0. The molecule has 2 unspecified atom stereocenters. The number of nitrogens with two attached hydrogens (primary N) is 1. The first kappa shape index (κ1) is 12.8. The van der Waals surface area contributed by atoms with Gasteiger partial charge >= 0.3 is 0 Å². The Morgan fingerprint density at radius 1 is 1.28 bits per heavy atom. The summed E-state index contributed by atoms with van der Waals surface area (Å²) in [5.74, 6) is 0.845. The third-order valence-electron chi connectivity index (χ3n) is 3.80. The summed E-state index contributed by atoms with van der Waals surface area (Å²) in [4.78, 5) is 0. The highest BCUT2D eigenvalue weighted by Gasteiger charge is 2.16. The molecule has 0 heterocycles. The van der Waals surface area contributed by atoms with Gasteiger partial charge in [-0.3, -0.25) is 0 Å². The monoisotopic (exact) mass is 243 g/mol. The maximum absolute atomic E-state index is 8.97. The average molecular weight is 243 g/mol. The van der Waals surface area contributed by atoms with Crippen LogP contribution >= 0.6 is 0 Å². The summed E-state index contributed by atoms with van der Waals surface area (Å²) in [5.41, 5.74) is 7.85. The standard InChI is InChI=1S/C15H21N3/c1-11-3-2-4-13(6-5-11)18-14-7-8-15(17)12(9-14)10-16/h7-9,11,13,18H,2-6,17H2,1H3. The summed E-state index contributed by atoms with van der Waals surface area (Å²) in [6.45, 7) is 2.33. The molecule has 1 fully saturated rings. The van der Waals surface area contributed by atoms with Gasteiger partial charge in [0.2, 0.25) is 0 Å². The predicted molar refractivity (Wildman–Crippen MR) is 75.2 cm³/mol. The summed E-state index contributed by atoms with van der Waals surface area (Å²) in [7, 11) is 0. The fourth-order valence-electron chi connectivity index (χ4n) is 2.61. The molecule has 1 aromatic carbocycles. The van der Waals surface area contributed by atoms with Gasteiger partial charge in [0.1, 0.15) is 6.07 Å². The third-order valence-corrected chi connectivity index (χ3v) is 3.80. The maximum atomic E-state index is 8.97. The highest BCUT2D eigenvalue weighted by atomic mass is 14.9. The van der Waals surface area contributed by atoms with Crippen LogP contribution in [0.3, 0.4) is 0 Å². The van der Waals surface area contributed by atoms with Crippen LogP contribution in [0.5, 0.6) is 0 Å². The van der Waals surface area contributed by atoms with Crippen LogP contribution < -0.4 is 11.1 Å². The molecule has 2 rings (SSSR count). The fourth-order valence-corrected chi connectivity index (χ4v) is 2.61. The summed E-state index contributed by atoms with van der Waals surface area (Å²) >= 11 is 0. The lowest BCUT2D eigenvalue weighted by atomic mass is 10.0. The Balaban J connectivity index is 2.03. The van der Waals surface area contributed by atoms with Gasteiger partial charge in [0.05, 0.1) is 5.56 Å². The normalized spacial score (nSPS) is 24.0. The van der Waals surface area contributed by atoms with E-state index in [1.165, 1.54) is 32.1 Å². The van der Waals surface area contributed by atoms with Gasteiger partial charge in [-0.25, -0.2) is 0 Å². The van der Waals surface area contributed by atoms with Gasteiger partial charge in [-0.1, -0.05) is 19.8 Å².